The van der Waals surface area contributed by atoms with Crippen molar-refractivity contribution in [3.63, 3.8) is 0 Å². The fraction of sp³-hybridized carbons (Fsp3) is 0.481. The number of hydrazine groups is 1. The number of aryl methyl sites for hydroxylation is 1. The summed E-state index contributed by atoms with van der Waals surface area (Å²) in [5.41, 5.74) is 8.05. The lowest BCUT2D eigenvalue weighted by molar-refractivity contribution is -0.121. The predicted molar refractivity (Wildman–Crippen MR) is 147 cm³/mol. The monoisotopic (exact) mass is 549 g/mol. The van der Waals surface area contributed by atoms with Crippen molar-refractivity contribution in [2.45, 2.75) is 58.3 Å². The molecular weight excluding hydrogens is 513 g/mol. The van der Waals surface area contributed by atoms with Crippen LogP contribution in [0.5, 0.6) is 5.75 Å². The molecule has 2 aromatic rings. The molecule has 10 heteroatoms. The van der Waals surface area contributed by atoms with Crippen LogP contribution in [0.1, 0.15) is 43.5 Å². The quantitative estimate of drug-likeness (QED) is 0.257. The van der Waals surface area contributed by atoms with E-state index in [0.717, 1.165) is 16.7 Å². The molecule has 2 aromatic carbocycles. The van der Waals surface area contributed by atoms with E-state index in [9.17, 15) is 9.18 Å². The predicted octanol–water partition coefficient (Wildman–Crippen LogP) is 5.52. The van der Waals surface area contributed by atoms with Gasteiger partial charge in [-0.05, 0) is 66.0 Å². The Hall–Kier alpha value is -2.46. The molecule has 0 aromatic heterocycles. The molecule has 202 valence electrons. The van der Waals surface area contributed by atoms with E-state index in [1.807, 2.05) is 6.92 Å². The Morgan fingerprint density at radius 1 is 1.22 bits per heavy atom. The number of nitrogens with zero attached hydrogens (tertiary/aromatic N) is 1. The van der Waals surface area contributed by atoms with Gasteiger partial charge in [0.05, 0.1) is 24.7 Å². The van der Waals surface area contributed by atoms with Gasteiger partial charge in [0.15, 0.2) is 8.32 Å². The summed E-state index contributed by atoms with van der Waals surface area (Å²) in [6.07, 6.45) is 0.127. The molecule has 37 heavy (non-hydrogen) atoms. The first-order valence-corrected chi connectivity index (χ1v) is 15.6. The van der Waals surface area contributed by atoms with Gasteiger partial charge < -0.3 is 13.9 Å². The molecule has 1 aliphatic rings. The van der Waals surface area contributed by atoms with Crippen LogP contribution >= 0.6 is 11.6 Å². The summed E-state index contributed by atoms with van der Waals surface area (Å²) in [6.45, 7) is 14.4. The van der Waals surface area contributed by atoms with Gasteiger partial charge in [-0.2, -0.15) is 0 Å². The van der Waals surface area contributed by atoms with Crippen molar-refractivity contribution in [1.29, 1.82) is 0 Å². The van der Waals surface area contributed by atoms with E-state index in [-0.39, 0.29) is 35.8 Å². The molecule has 0 bridgehead atoms. The largest absolute Gasteiger partial charge is 0.490 e. The van der Waals surface area contributed by atoms with Crippen LogP contribution in [-0.4, -0.2) is 46.5 Å². The minimum Gasteiger partial charge on any atom is -0.490 e. The third-order valence-corrected chi connectivity index (χ3v) is 11.6. The third kappa shape index (κ3) is 8.26. The molecule has 1 amide bonds. The van der Waals surface area contributed by atoms with E-state index >= 15 is 0 Å². The van der Waals surface area contributed by atoms with Crippen molar-refractivity contribution < 1.29 is 23.1 Å². The van der Waals surface area contributed by atoms with Crippen molar-refractivity contribution in [2.75, 3.05) is 26.4 Å². The first-order valence-electron chi connectivity index (χ1n) is 12.4. The standard InChI is InChI=1S/C27H37ClFN3O4Si/c1-18-13-22(28)24(35-11-12-36-37(5,6)27(2,3)4)14-20(18)15-26(33)32-31-25-17-34-16-23(30-25)19-7-9-21(29)10-8-19/h7-10,13-14,23H,11-12,15-17H2,1-6H3,(H,30,31)(H,32,33)/t23-/m0/s1. The SMILES string of the molecule is Cc1cc(Cl)c(OCCO[Si](C)(C)C(C)(C)C)cc1CC(=O)NNC1=N[C@H](c2ccc(F)cc2)COC1. The van der Waals surface area contributed by atoms with Gasteiger partial charge in [-0.15, -0.1) is 0 Å². The highest BCUT2D eigenvalue weighted by Gasteiger charge is 2.36. The van der Waals surface area contributed by atoms with Gasteiger partial charge >= 0.3 is 0 Å². The van der Waals surface area contributed by atoms with Gasteiger partial charge in [0.2, 0.25) is 5.91 Å². The Balaban J connectivity index is 1.54. The molecule has 0 radical (unpaired) electrons. The number of rotatable bonds is 8. The third-order valence-electron chi connectivity index (χ3n) is 6.78. The molecule has 7 nitrogen and oxygen atoms in total. The van der Waals surface area contributed by atoms with E-state index in [1.54, 1.807) is 24.3 Å². The van der Waals surface area contributed by atoms with E-state index in [0.29, 0.717) is 36.4 Å². The van der Waals surface area contributed by atoms with Gasteiger partial charge in [0, 0.05) is 0 Å². The highest BCUT2D eigenvalue weighted by atomic mass is 35.5. The Kier molecular flexibility index (Phi) is 9.74. The Labute approximate surface area is 224 Å². The second-order valence-electron chi connectivity index (χ2n) is 10.7. The van der Waals surface area contributed by atoms with Crippen molar-refractivity contribution in [1.82, 2.24) is 10.9 Å². The fourth-order valence-electron chi connectivity index (χ4n) is 3.47. The van der Waals surface area contributed by atoms with E-state index in [2.05, 4.69) is 49.7 Å². The van der Waals surface area contributed by atoms with Crippen LogP contribution in [0, 0.1) is 12.7 Å². The average molecular weight is 550 g/mol. The van der Waals surface area contributed by atoms with Gasteiger partial charge in [0.25, 0.3) is 0 Å². The number of amidine groups is 1. The molecule has 2 N–H and O–H groups in total. The number of aliphatic imine (C=N–C) groups is 1. The number of hydrogen-bond donors (Lipinski definition) is 2. The lowest BCUT2D eigenvalue weighted by atomic mass is 10.1. The van der Waals surface area contributed by atoms with Crippen LogP contribution in [0.4, 0.5) is 4.39 Å². The Morgan fingerprint density at radius 3 is 2.59 bits per heavy atom. The van der Waals surface area contributed by atoms with Gasteiger partial charge in [-0.3, -0.25) is 20.6 Å². The summed E-state index contributed by atoms with van der Waals surface area (Å²) in [6, 6.07) is 9.47. The molecule has 0 spiro atoms. The van der Waals surface area contributed by atoms with Crippen molar-refractivity contribution >= 4 is 31.7 Å². The van der Waals surface area contributed by atoms with Crippen molar-refractivity contribution in [3.05, 3.63) is 63.9 Å². The van der Waals surface area contributed by atoms with Gasteiger partial charge in [0.1, 0.15) is 36.7 Å². The second kappa shape index (κ2) is 12.4. The maximum absolute atomic E-state index is 13.2. The number of carbonyl (C=O) groups is 1. The van der Waals surface area contributed by atoms with Crippen molar-refractivity contribution in [3.8, 4) is 5.75 Å². The first kappa shape index (κ1) is 29.1. The Morgan fingerprint density at radius 2 is 1.92 bits per heavy atom. The summed E-state index contributed by atoms with van der Waals surface area (Å²) < 4.78 is 30.9. The van der Waals surface area contributed by atoms with Gasteiger partial charge in [-0.25, -0.2) is 4.39 Å². The van der Waals surface area contributed by atoms with E-state index in [1.165, 1.54) is 12.1 Å². The minimum absolute atomic E-state index is 0.125. The number of nitrogens with one attached hydrogen (secondary N) is 2. The van der Waals surface area contributed by atoms with Crippen LogP contribution in [0.2, 0.25) is 23.2 Å². The summed E-state index contributed by atoms with van der Waals surface area (Å²) in [5.74, 6) is 0.464. The molecule has 0 saturated carbocycles. The zero-order chi connectivity index (χ0) is 27.2. The fourth-order valence-corrected chi connectivity index (χ4v) is 4.77. The van der Waals surface area contributed by atoms with Crippen LogP contribution in [0.25, 0.3) is 0 Å². The van der Waals surface area contributed by atoms with E-state index in [4.69, 9.17) is 25.5 Å². The molecular formula is C27H37ClFN3O4Si. The van der Waals surface area contributed by atoms with Crippen LogP contribution < -0.4 is 15.6 Å². The van der Waals surface area contributed by atoms with E-state index < -0.39 is 8.32 Å². The molecule has 0 saturated heterocycles. The highest BCUT2D eigenvalue weighted by Crippen LogP contribution is 2.36. The van der Waals surface area contributed by atoms with Crippen molar-refractivity contribution in [2.24, 2.45) is 4.99 Å². The summed E-state index contributed by atoms with van der Waals surface area (Å²) in [5, 5.41) is 0.618. The summed E-state index contributed by atoms with van der Waals surface area (Å²) >= 11 is 6.39. The molecule has 3 rings (SSSR count). The van der Waals surface area contributed by atoms with Crippen LogP contribution in [0.15, 0.2) is 41.4 Å². The number of ether oxygens (including phenoxy) is 2. The second-order valence-corrected chi connectivity index (χ2v) is 15.9. The lowest BCUT2D eigenvalue weighted by Crippen LogP contribution is -2.45. The molecule has 1 aliphatic heterocycles. The normalized spacial score (nSPS) is 16.2. The molecule has 1 atom stereocenters. The molecule has 1 heterocycles. The first-order chi connectivity index (χ1) is 17.4. The van der Waals surface area contributed by atoms with Crippen LogP contribution in [0.3, 0.4) is 0 Å². The number of hydrogen-bond acceptors (Lipinski definition) is 6. The highest BCUT2D eigenvalue weighted by molar-refractivity contribution is 6.74. The average Bonchev–Trinajstić information content (AvgIpc) is 2.83. The van der Waals surface area contributed by atoms with Gasteiger partial charge in [-0.1, -0.05) is 44.5 Å². The maximum Gasteiger partial charge on any atom is 0.242 e. The number of benzene rings is 2. The van der Waals surface area contributed by atoms with Crippen LogP contribution in [-0.2, 0) is 20.4 Å². The number of amides is 1. The molecule has 0 fully saturated rings. The topological polar surface area (TPSA) is 81.2 Å². The zero-order valence-electron chi connectivity index (χ0n) is 22.4. The lowest BCUT2D eigenvalue weighted by Gasteiger charge is -2.36. The summed E-state index contributed by atoms with van der Waals surface area (Å²) in [7, 11) is -1.85. The minimum atomic E-state index is -1.85. The maximum atomic E-state index is 13.2. The Bertz CT molecular complexity index is 1120. The zero-order valence-corrected chi connectivity index (χ0v) is 24.2. The summed E-state index contributed by atoms with van der Waals surface area (Å²) in [4.78, 5) is 17.2. The number of halogens is 2. The molecule has 0 unspecified atom stereocenters. The molecule has 0 aliphatic carbocycles. The smallest absolute Gasteiger partial charge is 0.242 e. The number of carbonyl (C=O) groups excluding carboxylic acids is 1.